The maximum atomic E-state index is 13.1. The number of nitrogens with one attached hydrogen (secondary N) is 1. The Kier molecular flexibility index (Phi) is 5.44. The molecule has 5 nitrogen and oxygen atoms in total. The molecule has 152 valence electrons. The van der Waals surface area contributed by atoms with Crippen LogP contribution in [0.2, 0.25) is 0 Å². The summed E-state index contributed by atoms with van der Waals surface area (Å²) in [5, 5.41) is 3.04. The van der Waals surface area contributed by atoms with Crippen LogP contribution >= 0.6 is 0 Å². The zero-order chi connectivity index (χ0) is 21.1. The molecule has 0 atom stereocenters. The predicted molar refractivity (Wildman–Crippen MR) is 119 cm³/mol. The van der Waals surface area contributed by atoms with Gasteiger partial charge in [-0.2, -0.15) is 0 Å². The minimum absolute atomic E-state index is 0.252. The van der Waals surface area contributed by atoms with E-state index in [1.165, 1.54) is 38.0 Å². The largest absolute Gasteiger partial charge is 0.493 e. The Bertz CT molecular complexity index is 1110. The molecule has 1 N–H and O–H groups in total. The van der Waals surface area contributed by atoms with Crippen molar-refractivity contribution in [3.63, 3.8) is 0 Å². The number of carbonyl (C=O) groups excluding carboxylic acids is 1. The molecule has 0 aliphatic heterocycles. The van der Waals surface area contributed by atoms with Crippen molar-refractivity contribution in [1.29, 1.82) is 0 Å². The van der Waals surface area contributed by atoms with E-state index in [0.717, 1.165) is 17.7 Å². The molecule has 30 heavy (non-hydrogen) atoms. The molecule has 0 saturated heterocycles. The third-order valence-electron chi connectivity index (χ3n) is 5.21. The van der Waals surface area contributed by atoms with Crippen LogP contribution in [0.15, 0.2) is 60.7 Å². The lowest BCUT2D eigenvalue weighted by atomic mass is 10.0. The lowest BCUT2D eigenvalue weighted by Gasteiger charge is -2.15. The van der Waals surface area contributed by atoms with Crippen LogP contribution in [0.3, 0.4) is 0 Å². The minimum atomic E-state index is -0.252. The number of anilines is 1. The van der Waals surface area contributed by atoms with Crippen LogP contribution < -0.4 is 19.5 Å². The fourth-order valence-electron chi connectivity index (χ4n) is 3.73. The van der Waals surface area contributed by atoms with Crippen LogP contribution in [0.1, 0.15) is 27.0 Å². The quantitative estimate of drug-likeness (QED) is 0.627. The zero-order valence-corrected chi connectivity index (χ0v) is 17.2. The fraction of sp³-hybridized carbons (Fsp3) is 0.160. The van der Waals surface area contributed by atoms with Crippen molar-refractivity contribution in [2.24, 2.45) is 0 Å². The summed E-state index contributed by atoms with van der Waals surface area (Å²) in [5.41, 5.74) is 5.88. The molecule has 0 spiro atoms. The van der Waals surface area contributed by atoms with Crippen LogP contribution in [0, 0.1) is 0 Å². The highest BCUT2D eigenvalue weighted by molar-refractivity contribution is 6.07. The SMILES string of the molecule is COc1cc(C(=O)Nc2ccccc2C2=Cc3ccccc3C2)cc(OC)c1OC. The molecule has 3 aromatic rings. The average molecular weight is 401 g/mol. The van der Waals surface area contributed by atoms with Crippen LogP contribution in [-0.2, 0) is 6.42 Å². The lowest BCUT2D eigenvalue weighted by molar-refractivity contribution is 0.102. The van der Waals surface area contributed by atoms with E-state index in [1.807, 2.05) is 36.4 Å². The number of allylic oxidation sites excluding steroid dienone is 1. The van der Waals surface area contributed by atoms with E-state index in [-0.39, 0.29) is 5.91 Å². The molecule has 0 bridgehead atoms. The highest BCUT2D eigenvalue weighted by atomic mass is 16.5. The number of rotatable bonds is 6. The maximum absolute atomic E-state index is 13.1. The van der Waals surface area contributed by atoms with Gasteiger partial charge in [0.25, 0.3) is 5.91 Å². The zero-order valence-electron chi connectivity index (χ0n) is 17.2. The smallest absolute Gasteiger partial charge is 0.255 e. The van der Waals surface area contributed by atoms with E-state index in [4.69, 9.17) is 14.2 Å². The van der Waals surface area contributed by atoms with Gasteiger partial charge >= 0.3 is 0 Å². The second-order valence-electron chi connectivity index (χ2n) is 6.96. The molecular weight excluding hydrogens is 378 g/mol. The van der Waals surface area contributed by atoms with Gasteiger partial charge in [0.05, 0.1) is 21.3 Å². The van der Waals surface area contributed by atoms with Gasteiger partial charge < -0.3 is 19.5 Å². The number of amides is 1. The molecule has 0 unspecified atom stereocenters. The number of para-hydroxylation sites is 1. The normalized spacial score (nSPS) is 12.0. The van der Waals surface area contributed by atoms with Gasteiger partial charge in [-0.3, -0.25) is 4.79 Å². The summed E-state index contributed by atoms with van der Waals surface area (Å²) < 4.78 is 16.1. The summed E-state index contributed by atoms with van der Waals surface area (Å²) >= 11 is 0. The van der Waals surface area contributed by atoms with Crippen molar-refractivity contribution >= 4 is 23.2 Å². The summed E-state index contributed by atoms with van der Waals surface area (Å²) in [6, 6.07) is 19.5. The second-order valence-corrected chi connectivity index (χ2v) is 6.96. The third kappa shape index (κ3) is 3.62. The van der Waals surface area contributed by atoms with E-state index in [0.29, 0.717) is 22.8 Å². The highest BCUT2D eigenvalue weighted by Gasteiger charge is 2.20. The number of ether oxygens (including phenoxy) is 3. The first-order valence-corrected chi connectivity index (χ1v) is 9.64. The third-order valence-corrected chi connectivity index (χ3v) is 5.21. The van der Waals surface area contributed by atoms with Gasteiger partial charge in [0.1, 0.15) is 0 Å². The Labute approximate surface area is 175 Å². The Balaban J connectivity index is 1.64. The first kappa shape index (κ1) is 19.6. The lowest BCUT2D eigenvalue weighted by Crippen LogP contribution is -2.14. The Morgan fingerprint density at radius 1 is 0.867 bits per heavy atom. The monoisotopic (exact) mass is 401 g/mol. The molecule has 0 radical (unpaired) electrons. The standard InChI is InChI=1S/C25H23NO4/c1-28-22-14-19(15-23(29-2)24(22)30-3)25(27)26-21-11-7-6-10-20(21)18-12-16-8-4-5-9-17(16)13-18/h4-12,14-15H,13H2,1-3H3,(H,26,27). The fourth-order valence-corrected chi connectivity index (χ4v) is 3.73. The number of methoxy groups -OCH3 is 3. The predicted octanol–water partition coefficient (Wildman–Crippen LogP) is 5.06. The molecule has 5 heteroatoms. The average Bonchev–Trinajstić information content (AvgIpc) is 3.22. The van der Waals surface area contributed by atoms with E-state index >= 15 is 0 Å². The molecule has 1 aliphatic rings. The summed E-state index contributed by atoms with van der Waals surface area (Å²) in [6.45, 7) is 0. The first-order valence-electron chi connectivity index (χ1n) is 9.64. The summed E-state index contributed by atoms with van der Waals surface area (Å²) in [6.07, 6.45) is 3.02. The van der Waals surface area contributed by atoms with Crippen molar-refractivity contribution in [3.05, 3.63) is 82.9 Å². The van der Waals surface area contributed by atoms with Gasteiger partial charge in [0.2, 0.25) is 5.75 Å². The van der Waals surface area contributed by atoms with Crippen LogP contribution in [0.5, 0.6) is 17.2 Å². The molecular formula is C25H23NO4. The molecule has 0 aromatic heterocycles. The molecule has 3 aromatic carbocycles. The number of fused-ring (bicyclic) bond motifs is 1. The topological polar surface area (TPSA) is 56.8 Å². The van der Waals surface area contributed by atoms with Gasteiger partial charge in [-0.05, 0) is 41.3 Å². The van der Waals surface area contributed by atoms with E-state index in [2.05, 4.69) is 23.5 Å². The number of benzene rings is 3. The van der Waals surface area contributed by atoms with Gasteiger partial charge in [0.15, 0.2) is 11.5 Å². The number of carbonyl (C=O) groups is 1. The van der Waals surface area contributed by atoms with Crippen molar-refractivity contribution in [2.45, 2.75) is 6.42 Å². The number of hydrogen-bond donors (Lipinski definition) is 1. The van der Waals surface area contributed by atoms with Crippen molar-refractivity contribution in [2.75, 3.05) is 26.6 Å². The molecule has 4 rings (SSSR count). The van der Waals surface area contributed by atoms with Crippen molar-refractivity contribution in [3.8, 4) is 17.2 Å². The maximum Gasteiger partial charge on any atom is 0.255 e. The second kappa shape index (κ2) is 8.33. The summed E-state index contributed by atoms with van der Waals surface area (Å²) in [5.74, 6) is 1.07. The first-order chi connectivity index (χ1) is 14.6. The van der Waals surface area contributed by atoms with Crippen LogP contribution in [0.4, 0.5) is 5.69 Å². The van der Waals surface area contributed by atoms with Crippen LogP contribution in [0.25, 0.3) is 11.6 Å². The minimum Gasteiger partial charge on any atom is -0.493 e. The summed E-state index contributed by atoms with van der Waals surface area (Å²) in [7, 11) is 4.58. The Hall–Kier alpha value is -3.73. The molecule has 0 saturated carbocycles. The van der Waals surface area contributed by atoms with Gasteiger partial charge in [0, 0.05) is 16.8 Å². The van der Waals surface area contributed by atoms with Crippen molar-refractivity contribution < 1.29 is 19.0 Å². The molecule has 1 aliphatic carbocycles. The van der Waals surface area contributed by atoms with Gasteiger partial charge in [-0.15, -0.1) is 0 Å². The molecule has 0 heterocycles. The van der Waals surface area contributed by atoms with E-state index in [1.54, 1.807) is 12.1 Å². The Morgan fingerprint density at radius 2 is 1.53 bits per heavy atom. The van der Waals surface area contributed by atoms with Crippen LogP contribution in [-0.4, -0.2) is 27.2 Å². The highest BCUT2D eigenvalue weighted by Crippen LogP contribution is 2.39. The van der Waals surface area contributed by atoms with E-state index in [9.17, 15) is 4.79 Å². The van der Waals surface area contributed by atoms with Gasteiger partial charge in [-0.25, -0.2) is 0 Å². The van der Waals surface area contributed by atoms with Crippen molar-refractivity contribution in [1.82, 2.24) is 0 Å². The van der Waals surface area contributed by atoms with E-state index < -0.39 is 0 Å². The Morgan fingerprint density at radius 3 is 2.20 bits per heavy atom. The number of hydrogen-bond acceptors (Lipinski definition) is 4. The summed E-state index contributed by atoms with van der Waals surface area (Å²) in [4.78, 5) is 13.1. The van der Waals surface area contributed by atoms with Gasteiger partial charge in [-0.1, -0.05) is 48.5 Å². The molecule has 1 amide bonds. The molecule has 0 fully saturated rings.